The summed E-state index contributed by atoms with van der Waals surface area (Å²) in [6.07, 6.45) is 4.68. The zero-order valence-corrected chi connectivity index (χ0v) is 16.0. The van der Waals surface area contributed by atoms with Crippen LogP contribution in [0.5, 0.6) is 5.88 Å². The van der Waals surface area contributed by atoms with Crippen LogP contribution in [0.15, 0.2) is 12.1 Å². The molecule has 142 valence electrons. The molecule has 2 saturated carbocycles. The molecule has 3 rings (SSSR count). The predicted octanol–water partition coefficient (Wildman–Crippen LogP) is 3.07. The Labute approximate surface area is 154 Å². The van der Waals surface area contributed by atoms with Gasteiger partial charge in [-0.15, -0.1) is 0 Å². The summed E-state index contributed by atoms with van der Waals surface area (Å²) in [5.41, 5.74) is 0.878. The Morgan fingerprint density at radius 1 is 1.23 bits per heavy atom. The van der Waals surface area contributed by atoms with Crippen LogP contribution in [0.4, 0.5) is 0 Å². The van der Waals surface area contributed by atoms with Crippen LogP contribution in [0.1, 0.15) is 68.4 Å². The molecule has 0 aromatic carbocycles. The topological polar surface area (TPSA) is 77.5 Å². The maximum absolute atomic E-state index is 12.7. The smallest absolute Gasteiger partial charge is 0.328 e. The van der Waals surface area contributed by atoms with Crippen LogP contribution in [0.3, 0.4) is 0 Å². The van der Waals surface area contributed by atoms with E-state index < -0.39 is 23.3 Å². The molecule has 6 nitrogen and oxygen atoms in total. The van der Waals surface area contributed by atoms with Crippen molar-refractivity contribution < 1.29 is 19.1 Å². The number of rotatable bonds is 7. The van der Waals surface area contributed by atoms with Gasteiger partial charge in [0.1, 0.15) is 11.7 Å². The summed E-state index contributed by atoms with van der Waals surface area (Å²) >= 11 is 0. The van der Waals surface area contributed by atoms with Crippen LogP contribution in [-0.2, 0) is 9.53 Å². The molecule has 2 fully saturated rings. The molecule has 6 heteroatoms. The maximum Gasteiger partial charge on any atom is 0.328 e. The molecule has 0 aliphatic heterocycles. The van der Waals surface area contributed by atoms with E-state index in [9.17, 15) is 9.59 Å². The Balaban J connectivity index is 1.77. The third-order valence-electron chi connectivity index (χ3n) is 4.87. The van der Waals surface area contributed by atoms with Crippen LogP contribution < -0.4 is 10.1 Å². The number of carbonyl (C=O) groups is 2. The number of ether oxygens (including phenoxy) is 2. The lowest BCUT2D eigenvalue weighted by molar-refractivity contribution is -0.145. The number of nitrogens with zero attached hydrogens (tertiary/aromatic N) is 1. The zero-order valence-electron chi connectivity index (χ0n) is 16.0. The van der Waals surface area contributed by atoms with Gasteiger partial charge in [0.25, 0.3) is 5.91 Å². The maximum atomic E-state index is 12.7. The minimum absolute atomic E-state index is 0.262. The van der Waals surface area contributed by atoms with Crippen LogP contribution in [0.25, 0.3) is 0 Å². The largest absolute Gasteiger partial charge is 0.477 e. The summed E-state index contributed by atoms with van der Waals surface area (Å²) < 4.78 is 10.7. The summed E-state index contributed by atoms with van der Waals surface area (Å²) in [4.78, 5) is 29.2. The van der Waals surface area contributed by atoms with E-state index >= 15 is 0 Å². The van der Waals surface area contributed by atoms with E-state index in [1.54, 1.807) is 6.07 Å². The van der Waals surface area contributed by atoms with Gasteiger partial charge in [0.05, 0.1) is 13.7 Å². The Morgan fingerprint density at radius 3 is 2.46 bits per heavy atom. The predicted molar refractivity (Wildman–Crippen MR) is 97.2 cm³/mol. The first-order chi connectivity index (χ1) is 12.3. The fraction of sp³-hybridized carbons (Fsp3) is 0.650. The van der Waals surface area contributed by atoms with Crippen molar-refractivity contribution in [2.75, 3.05) is 13.7 Å². The quantitative estimate of drug-likeness (QED) is 0.756. The van der Waals surface area contributed by atoms with Crippen LogP contribution in [-0.4, -0.2) is 36.6 Å². The van der Waals surface area contributed by atoms with E-state index in [0.29, 0.717) is 24.3 Å². The molecule has 0 spiro atoms. The van der Waals surface area contributed by atoms with Crippen LogP contribution in [0, 0.1) is 11.3 Å². The normalized spacial score (nSPS) is 18.2. The van der Waals surface area contributed by atoms with Crippen molar-refractivity contribution in [1.29, 1.82) is 0 Å². The lowest BCUT2D eigenvalue weighted by Crippen LogP contribution is -2.49. The van der Waals surface area contributed by atoms with Gasteiger partial charge < -0.3 is 14.8 Å². The van der Waals surface area contributed by atoms with Crippen molar-refractivity contribution in [3.8, 4) is 5.88 Å². The fourth-order valence-corrected chi connectivity index (χ4v) is 2.83. The van der Waals surface area contributed by atoms with Crippen molar-refractivity contribution in [1.82, 2.24) is 10.3 Å². The minimum Gasteiger partial charge on any atom is -0.477 e. The standard InChI is InChI=1S/C20H28N2O4/c1-20(2,3)16(19(24)25-4)22-17(23)15-10-9-14(13-7-8-13)18(21-15)26-11-12-5-6-12/h9-10,12-13,16H,5-8,11H2,1-4H3,(H,22,23)/t16-/m1/s1. The van der Waals surface area contributed by atoms with E-state index in [-0.39, 0.29) is 5.69 Å². The molecule has 2 aliphatic carbocycles. The third-order valence-corrected chi connectivity index (χ3v) is 4.87. The lowest BCUT2D eigenvalue weighted by atomic mass is 9.86. The number of hydrogen-bond donors (Lipinski definition) is 1. The van der Waals surface area contributed by atoms with Gasteiger partial charge >= 0.3 is 5.97 Å². The van der Waals surface area contributed by atoms with Gasteiger partial charge in [-0.3, -0.25) is 4.79 Å². The molecular weight excluding hydrogens is 332 g/mol. The first kappa shape index (κ1) is 18.7. The third kappa shape index (κ3) is 4.54. The second kappa shape index (κ2) is 7.25. The highest BCUT2D eigenvalue weighted by Gasteiger charge is 2.35. The number of methoxy groups -OCH3 is 1. The number of pyridine rings is 1. The molecule has 0 bridgehead atoms. The molecule has 1 aromatic rings. The highest BCUT2D eigenvalue weighted by molar-refractivity contribution is 5.95. The molecule has 1 aromatic heterocycles. The number of esters is 1. The number of aromatic nitrogens is 1. The van der Waals surface area contributed by atoms with Crippen LogP contribution in [0.2, 0.25) is 0 Å². The molecule has 0 radical (unpaired) electrons. The van der Waals surface area contributed by atoms with E-state index in [4.69, 9.17) is 9.47 Å². The zero-order chi connectivity index (χ0) is 18.9. The summed E-state index contributed by atoms with van der Waals surface area (Å²) in [5.74, 6) is 0.814. The Kier molecular flexibility index (Phi) is 5.21. The molecule has 26 heavy (non-hydrogen) atoms. The Bertz CT molecular complexity index is 688. The molecule has 0 saturated heterocycles. The molecule has 1 amide bonds. The van der Waals surface area contributed by atoms with Gasteiger partial charge in [0.2, 0.25) is 5.88 Å². The second-order valence-electron chi connectivity index (χ2n) is 8.42. The van der Waals surface area contributed by atoms with Gasteiger partial charge in [-0.25, -0.2) is 9.78 Å². The summed E-state index contributed by atoms with van der Waals surface area (Å²) in [6, 6.07) is 2.90. The van der Waals surface area contributed by atoms with E-state index in [1.807, 2.05) is 26.8 Å². The average Bonchev–Trinajstić information content (AvgIpc) is 3.48. The summed E-state index contributed by atoms with van der Waals surface area (Å²) in [7, 11) is 1.32. The second-order valence-corrected chi connectivity index (χ2v) is 8.42. The summed E-state index contributed by atoms with van der Waals surface area (Å²) in [6.45, 7) is 6.29. The number of amides is 1. The number of carbonyl (C=O) groups excluding carboxylic acids is 2. The van der Waals surface area contributed by atoms with Gasteiger partial charge in [-0.2, -0.15) is 0 Å². The SMILES string of the molecule is COC(=O)[C@@H](NC(=O)c1ccc(C2CC2)c(OCC2CC2)n1)C(C)(C)C. The van der Waals surface area contributed by atoms with Gasteiger partial charge in [0, 0.05) is 5.56 Å². The number of nitrogens with one attached hydrogen (secondary N) is 1. The highest BCUT2D eigenvalue weighted by Crippen LogP contribution is 2.44. The molecule has 2 aliphatic rings. The van der Waals surface area contributed by atoms with Crippen molar-refractivity contribution >= 4 is 11.9 Å². The van der Waals surface area contributed by atoms with Crippen molar-refractivity contribution in [3.63, 3.8) is 0 Å². The Hall–Kier alpha value is -2.11. The molecule has 0 unspecified atom stereocenters. The Morgan fingerprint density at radius 2 is 1.92 bits per heavy atom. The van der Waals surface area contributed by atoms with Crippen molar-refractivity contribution in [2.24, 2.45) is 11.3 Å². The van der Waals surface area contributed by atoms with E-state index in [0.717, 1.165) is 18.4 Å². The molecular formula is C20H28N2O4. The molecule has 1 atom stereocenters. The average molecular weight is 360 g/mol. The van der Waals surface area contributed by atoms with Crippen LogP contribution >= 0.6 is 0 Å². The summed E-state index contributed by atoms with van der Waals surface area (Å²) in [5, 5.41) is 2.76. The van der Waals surface area contributed by atoms with Gasteiger partial charge in [-0.1, -0.05) is 26.8 Å². The minimum atomic E-state index is -0.749. The van der Waals surface area contributed by atoms with Gasteiger partial charge in [-0.05, 0) is 49.0 Å². The van der Waals surface area contributed by atoms with Crippen molar-refractivity contribution in [3.05, 3.63) is 23.4 Å². The van der Waals surface area contributed by atoms with E-state index in [2.05, 4.69) is 10.3 Å². The first-order valence-corrected chi connectivity index (χ1v) is 9.32. The van der Waals surface area contributed by atoms with E-state index in [1.165, 1.54) is 20.0 Å². The van der Waals surface area contributed by atoms with Gasteiger partial charge in [0.15, 0.2) is 0 Å². The fourth-order valence-electron chi connectivity index (χ4n) is 2.83. The monoisotopic (exact) mass is 360 g/mol. The number of hydrogen-bond acceptors (Lipinski definition) is 5. The first-order valence-electron chi connectivity index (χ1n) is 9.32. The molecule has 1 heterocycles. The molecule has 1 N–H and O–H groups in total. The highest BCUT2D eigenvalue weighted by atomic mass is 16.5. The lowest BCUT2D eigenvalue weighted by Gasteiger charge is -2.28. The van der Waals surface area contributed by atoms with Crippen molar-refractivity contribution in [2.45, 2.75) is 58.4 Å².